The molecule has 0 saturated carbocycles. The Balaban J connectivity index is 1.91. The summed E-state index contributed by atoms with van der Waals surface area (Å²) in [6, 6.07) is 7.43. The molecule has 0 bridgehead atoms. The van der Waals surface area contributed by atoms with Crippen LogP contribution in [0.4, 0.5) is 0 Å². The molecule has 0 spiro atoms. The van der Waals surface area contributed by atoms with E-state index >= 15 is 0 Å². The Kier molecular flexibility index (Phi) is 7.96. The molecule has 7 heteroatoms. The molecule has 3 rings (SSSR count). The van der Waals surface area contributed by atoms with Gasteiger partial charge < -0.3 is 19.1 Å². The molecule has 7 nitrogen and oxygen atoms in total. The number of nitrogens with zero attached hydrogens (tertiary/aromatic N) is 2. The molecule has 2 atom stereocenters. The molecule has 2 aliphatic heterocycles. The van der Waals surface area contributed by atoms with Crippen molar-refractivity contribution >= 4 is 17.4 Å². The molecule has 1 fully saturated rings. The smallest absolute Gasteiger partial charge is 0.277 e. The number of benzene rings is 1. The van der Waals surface area contributed by atoms with E-state index in [9.17, 15) is 9.59 Å². The highest BCUT2D eigenvalue weighted by atomic mass is 16.5. The molecular weight excluding hydrogens is 408 g/mol. The Morgan fingerprint density at radius 1 is 1.00 bits per heavy atom. The van der Waals surface area contributed by atoms with Gasteiger partial charge in [0.2, 0.25) is 0 Å². The van der Waals surface area contributed by atoms with Crippen molar-refractivity contribution in [1.29, 1.82) is 0 Å². The molecule has 0 aromatic heterocycles. The van der Waals surface area contributed by atoms with E-state index in [0.29, 0.717) is 49.1 Å². The fourth-order valence-corrected chi connectivity index (χ4v) is 4.04. The van der Waals surface area contributed by atoms with Crippen molar-refractivity contribution < 1.29 is 23.8 Å². The summed E-state index contributed by atoms with van der Waals surface area (Å²) >= 11 is 0. The number of ether oxygens (including phenoxy) is 3. The van der Waals surface area contributed by atoms with E-state index in [1.807, 2.05) is 56.9 Å². The number of amides is 2. The van der Waals surface area contributed by atoms with Crippen LogP contribution >= 0.6 is 0 Å². The van der Waals surface area contributed by atoms with Crippen molar-refractivity contribution in [2.45, 2.75) is 59.9 Å². The molecule has 0 N–H and O–H groups in total. The second kappa shape index (κ2) is 10.5. The Hall–Kier alpha value is -2.38. The Bertz CT molecular complexity index is 836. The van der Waals surface area contributed by atoms with Crippen molar-refractivity contribution in [3.63, 3.8) is 0 Å². The average molecular weight is 445 g/mol. The van der Waals surface area contributed by atoms with Crippen molar-refractivity contribution in [1.82, 2.24) is 9.80 Å². The first kappa shape index (κ1) is 24.3. The fourth-order valence-electron chi connectivity index (χ4n) is 4.04. The van der Waals surface area contributed by atoms with Crippen molar-refractivity contribution in [3.05, 3.63) is 35.5 Å². The van der Waals surface area contributed by atoms with E-state index in [1.165, 1.54) is 4.90 Å². The SMILES string of the molecule is CC(C)COc1ccc(C2=C(N3CC(C)OC(C)C3)C(=O)N(CCOC(C)C)C2=O)cc1. The van der Waals surface area contributed by atoms with Crippen LogP contribution in [-0.2, 0) is 19.1 Å². The largest absolute Gasteiger partial charge is 0.493 e. The summed E-state index contributed by atoms with van der Waals surface area (Å²) in [6.45, 7) is 14.3. The van der Waals surface area contributed by atoms with E-state index in [4.69, 9.17) is 14.2 Å². The standard InChI is InChI=1S/C25H36N2O5/c1-16(2)15-31-21-9-7-20(8-10-21)22-23(26-13-18(5)32-19(6)14-26)25(29)27(24(22)28)11-12-30-17(3)4/h7-10,16-19H,11-15H2,1-6H3. The Morgan fingerprint density at radius 2 is 1.62 bits per heavy atom. The number of hydrogen-bond acceptors (Lipinski definition) is 6. The average Bonchev–Trinajstić information content (AvgIpc) is 2.96. The van der Waals surface area contributed by atoms with Crippen LogP contribution in [0.1, 0.15) is 47.1 Å². The topological polar surface area (TPSA) is 68.3 Å². The van der Waals surface area contributed by atoms with E-state index in [2.05, 4.69) is 13.8 Å². The summed E-state index contributed by atoms with van der Waals surface area (Å²) in [5.41, 5.74) is 1.61. The number of rotatable bonds is 9. The maximum atomic E-state index is 13.4. The van der Waals surface area contributed by atoms with Crippen LogP contribution in [-0.4, -0.2) is 72.8 Å². The molecule has 1 saturated heterocycles. The van der Waals surface area contributed by atoms with Gasteiger partial charge in [-0.05, 0) is 51.3 Å². The molecule has 176 valence electrons. The number of carbonyl (C=O) groups excluding carboxylic acids is 2. The van der Waals surface area contributed by atoms with Gasteiger partial charge in [0.25, 0.3) is 11.8 Å². The lowest BCUT2D eigenvalue weighted by molar-refractivity contribution is -0.139. The Labute approximate surface area is 191 Å². The third kappa shape index (κ3) is 5.70. The first-order valence-electron chi connectivity index (χ1n) is 11.5. The maximum absolute atomic E-state index is 13.4. The van der Waals surface area contributed by atoms with Crippen LogP contribution < -0.4 is 4.74 Å². The zero-order valence-corrected chi connectivity index (χ0v) is 20.1. The second-order valence-electron chi connectivity index (χ2n) is 9.30. The summed E-state index contributed by atoms with van der Waals surface area (Å²) in [4.78, 5) is 30.1. The predicted octanol–water partition coefficient (Wildman–Crippen LogP) is 3.34. The predicted molar refractivity (Wildman–Crippen MR) is 123 cm³/mol. The molecule has 2 amide bonds. The molecule has 0 radical (unpaired) electrons. The van der Waals surface area contributed by atoms with Crippen LogP contribution in [0.15, 0.2) is 30.0 Å². The van der Waals surface area contributed by atoms with E-state index in [0.717, 1.165) is 5.75 Å². The lowest BCUT2D eigenvalue weighted by Crippen LogP contribution is -2.47. The number of hydrogen-bond donors (Lipinski definition) is 0. The number of carbonyl (C=O) groups is 2. The van der Waals surface area contributed by atoms with Gasteiger partial charge in [0.05, 0.1) is 43.6 Å². The first-order chi connectivity index (χ1) is 15.2. The van der Waals surface area contributed by atoms with E-state index in [1.54, 1.807) is 0 Å². The third-order valence-corrected chi connectivity index (χ3v) is 5.37. The van der Waals surface area contributed by atoms with Gasteiger partial charge in [-0.25, -0.2) is 0 Å². The van der Waals surface area contributed by atoms with Crippen LogP contribution in [0.25, 0.3) is 5.57 Å². The van der Waals surface area contributed by atoms with Gasteiger partial charge in [0, 0.05) is 13.1 Å². The van der Waals surface area contributed by atoms with Gasteiger partial charge in [0.1, 0.15) is 11.4 Å². The van der Waals surface area contributed by atoms with Crippen LogP contribution in [0, 0.1) is 5.92 Å². The maximum Gasteiger partial charge on any atom is 0.277 e. The van der Waals surface area contributed by atoms with Gasteiger partial charge in [0.15, 0.2) is 0 Å². The zero-order chi connectivity index (χ0) is 23.4. The third-order valence-electron chi connectivity index (χ3n) is 5.37. The molecule has 1 aromatic rings. The Morgan fingerprint density at radius 3 is 2.19 bits per heavy atom. The highest BCUT2D eigenvalue weighted by Gasteiger charge is 2.42. The van der Waals surface area contributed by atoms with Gasteiger partial charge >= 0.3 is 0 Å². The first-order valence-corrected chi connectivity index (χ1v) is 11.5. The normalized spacial score (nSPS) is 22.0. The fraction of sp³-hybridized carbons (Fsp3) is 0.600. The molecule has 32 heavy (non-hydrogen) atoms. The van der Waals surface area contributed by atoms with Crippen molar-refractivity contribution in [2.24, 2.45) is 5.92 Å². The summed E-state index contributed by atoms with van der Waals surface area (Å²) in [5.74, 6) is 0.626. The molecule has 2 heterocycles. The highest BCUT2D eigenvalue weighted by Crippen LogP contribution is 2.34. The van der Waals surface area contributed by atoms with Crippen LogP contribution in [0.5, 0.6) is 5.75 Å². The minimum absolute atomic E-state index is 0.0273. The molecular formula is C25H36N2O5. The summed E-state index contributed by atoms with van der Waals surface area (Å²) in [7, 11) is 0. The minimum Gasteiger partial charge on any atom is -0.493 e. The van der Waals surface area contributed by atoms with Crippen LogP contribution in [0.3, 0.4) is 0 Å². The van der Waals surface area contributed by atoms with Gasteiger partial charge in [-0.15, -0.1) is 0 Å². The van der Waals surface area contributed by atoms with E-state index < -0.39 is 0 Å². The minimum atomic E-state index is -0.278. The summed E-state index contributed by atoms with van der Waals surface area (Å²) < 4.78 is 17.2. The summed E-state index contributed by atoms with van der Waals surface area (Å²) in [5, 5.41) is 0. The van der Waals surface area contributed by atoms with Gasteiger partial charge in [-0.2, -0.15) is 0 Å². The highest BCUT2D eigenvalue weighted by molar-refractivity contribution is 6.35. The monoisotopic (exact) mass is 444 g/mol. The second-order valence-corrected chi connectivity index (χ2v) is 9.30. The molecule has 2 aliphatic rings. The lowest BCUT2D eigenvalue weighted by Gasteiger charge is -2.37. The van der Waals surface area contributed by atoms with Crippen LogP contribution in [0.2, 0.25) is 0 Å². The molecule has 2 unspecified atom stereocenters. The summed E-state index contributed by atoms with van der Waals surface area (Å²) in [6.07, 6.45) is -0.0184. The molecule has 0 aliphatic carbocycles. The zero-order valence-electron chi connectivity index (χ0n) is 20.1. The number of imide groups is 1. The lowest BCUT2D eigenvalue weighted by atomic mass is 10.0. The number of morpholine rings is 1. The van der Waals surface area contributed by atoms with E-state index in [-0.39, 0.29) is 36.7 Å². The quantitative estimate of drug-likeness (QED) is 0.544. The van der Waals surface area contributed by atoms with Gasteiger partial charge in [-0.1, -0.05) is 26.0 Å². The van der Waals surface area contributed by atoms with Gasteiger partial charge in [-0.3, -0.25) is 14.5 Å². The molecule has 1 aromatic carbocycles. The van der Waals surface area contributed by atoms with Crippen molar-refractivity contribution in [2.75, 3.05) is 32.8 Å². The van der Waals surface area contributed by atoms with Crippen molar-refractivity contribution in [3.8, 4) is 5.75 Å².